The Labute approximate surface area is 170 Å². The molecule has 2 N–H and O–H groups in total. The third kappa shape index (κ3) is 4.40. The molecule has 0 fully saturated rings. The van der Waals surface area contributed by atoms with Gasteiger partial charge in [0.2, 0.25) is 0 Å². The van der Waals surface area contributed by atoms with Gasteiger partial charge in [0, 0.05) is 0 Å². The van der Waals surface area contributed by atoms with Crippen LogP contribution in [0.25, 0.3) is 0 Å². The fraction of sp³-hybridized carbons (Fsp3) is 0.680. The van der Waals surface area contributed by atoms with Gasteiger partial charge in [-0.15, -0.1) is 0 Å². The average Bonchev–Trinajstić information content (AvgIpc) is 2.73. The normalized spacial score (nSPS) is 30.4. The molecule has 1 aromatic rings. The molecule has 3 rings (SSSR count). The topological polar surface area (TPSA) is 49.7 Å². The second-order valence-electron chi connectivity index (χ2n) is 9.73. The second-order valence-corrected chi connectivity index (χ2v) is 9.73. The van der Waals surface area contributed by atoms with Crippen molar-refractivity contribution in [3.63, 3.8) is 0 Å². The number of benzene rings is 1. The zero-order valence-electron chi connectivity index (χ0n) is 18.3. The number of aromatic hydroxyl groups is 1. The first kappa shape index (κ1) is 21.2. The van der Waals surface area contributed by atoms with E-state index in [1.165, 1.54) is 11.1 Å². The molecule has 0 bridgehead atoms. The number of hydrogen-bond acceptors (Lipinski definition) is 3. The van der Waals surface area contributed by atoms with Crippen LogP contribution in [0.1, 0.15) is 82.4 Å². The molecule has 4 unspecified atom stereocenters. The van der Waals surface area contributed by atoms with Gasteiger partial charge in [-0.1, -0.05) is 40.2 Å². The van der Waals surface area contributed by atoms with E-state index in [9.17, 15) is 10.2 Å². The maximum Gasteiger partial charge on any atom is 0.121 e. The number of allylic oxidation sites excluding steroid dienone is 1. The first-order chi connectivity index (χ1) is 13.3. The molecule has 4 atom stereocenters. The minimum Gasteiger partial charge on any atom is -0.508 e. The number of methoxy groups -OCH3 is 1. The van der Waals surface area contributed by atoms with Crippen molar-refractivity contribution in [1.29, 1.82) is 0 Å². The summed E-state index contributed by atoms with van der Waals surface area (Å²) in [5, 5.41) is 21.6. The van der Waals surface area contributed by atoms with Crippen molar-refractivity contribution in [3.05, 3.63) is 40.7 Å². The standard InChI is InChI=1S/C25H38O3/c1-6-17-12-18-9-7-8-10-20-19(11-16(2)21(18)13-22(17)26)14-25(3,4)15-23(28-5)24(20)27/h12-13,15-16,19-20,24,26-27H,6-11,14H2,1-5H3. The Morgan fingerprint density at radius 3 is 2.64 bits per heavy atom. The SMILES string of the molecule is CCc1cc2c(cc1O)C(C)CC1CC(C)(C)C=C(OC)C(O)C1CCCC2. The molecule has 0 heterocycles. The largest absolute Gasteiger partial charge is 0.508 e. The van der Waals surface area contributed by atoms with E-state index in [4.69, 9.17) is 4.74 Å². The van der Waals surface area contributed by atoms with Crippen LogP contribution in [0.5, 0.6) is 5.75 Å². The molecule has 0 amide bonds. The van der Waals surface area contributed by atoms with Crippen LogP contribution in [0.15, 0.2) is 24.0 Å². The zero-order valence-corrected chi connectivity index (χ0v) is 18.3. The Morgan fingerprint density at radius 2 is 1.96 bits per heavy atom. The zero-order chi connectivity index (χ0) is 20.5. The van der Waals surface area contributed by atoms with Crippen molar-refractivity contribution >= 4 is 0 Å². The number of aliphatic hydroxyl groups excluding tert-OH is 1. The summed E-state index contributed by atoms with van der Waals surface area (Å²) in [5.41, 5.74) is 3.77. The van der Waals surface area contributed by atoms with Gasteiger partial charge in [0.15, 0.2) is 0 Å². The summed E-state index contributed by atoms with van der Waals surface area (Å²) in [6.07, 6.45) is 8.92. The lowest BCUT2D eigenvalue weighted by Gasteiger charge is -2.35. The highest BCUT2D eigenvalue weighted by Crippen LogP contribution is 2.46. The number of phenolic OH excluding ortho intramolecular Hbond substituents is 1. The average molecular weight is 387 g/mol. The van der Waals surface area contributed by atoms with Crippen LogP contribution in [0.2, 0.25) is 0 Å². The van der Waals surface area contributed by atoms with Crippen molar-refractivity contribution in [2.45, 2.75) is 84.7 Å². The van der Waals surface area contributed by atoms with Crippen LogP contribution < -0.4 is 0 Å². The molecule has 3 nitrogen and oxygen atoms in total. The Bertz CT molecular complexity index is 719. The Kier molecular flexibility index (Phi) is 6.44. The predicted octanol–water partition coefficient (Wildman–Crippen LogP) is 5.73. The van der Waals surface area contributed by atoms with E-state index in [1.807, 2.05) is 6.07 Å². The number of aliphatic hydroxyl groups is 1. The fourth-order valence-corrected chi connectivity index (χ4v) is 5.59. The third-order valence-electron chi connectivity index (χ3n) is 7.00. The molecule has 0 spiro atoms. The summed E-state index contributed by atoms with van der Waals surface area (Å²) in [6, 6.07) is 4.25. The summed E-state index contributed by atoms with van der Waals surface area (Å²) >= 11 is 0. The third-order valence-corrected chi connectivity index (χ3v) is 7.00. The first-order valence-electron chi connectivity index (χ1n) is 11.0. The number of rotatable bonds is 2. The number of fused-ring (bicyclic) bond motifs is 2. The highest BCUT2D eigenvalue weighted by atomic mass is 16.5. The molecule has 2 aliphatic rings. The van der Waals surface area contributed by atoms with Crippen molar-refractivity contribution in [2.75, 3.05) is 7.11 Å². The summed E-state index contributed by atoms with van der Waals surface area (Å²) in [4.78, 5) is 0. The van der Waals surface area contributed by atoms with Crippen LogP contribution in [0.4, 0.5) is 0 Å². The molecule has 3 heteroatoms. The minimum absolute atomic E-state index is 0.00656. The Balaban J connectivity index is 1.97. The molecular weight excluding hydrogens is 348 g/mol. The second kappa shape index (κ2) is 8.49. The van der Waals surface area contributed by atoms with E-state index < -0.39 is 6.10 Å². The maximum atomic E-state index is 11.1. The monoisotopic (exact) mass is 386 g/mol. The van der Waals surface area contributed by atoms with Gasteiger partial charge < -0.3 is 14.9 Å². The highest BCUT2D eigenvalue weighted by Gasteiger charge is 2.39. The van der Waals surface area contributed by atoms with Crippen molar-refractivity contribution in [3.8, 4) is 5.75 Å². The lowest BCUT2D eigenvalue weighted by Crippen LogP contribution is -2.31. The van der Waals surface area contributed by atoms with Crippen LogP contribution in [0, 0.1) is 17.3 Å². The van der Waals surface area contributed by atoms with Crippen LogP contribution in [-0.4, -0.2) is 23.4 Å². The van der Waals surface area contributed by atoms with Crippen molar-refractivity contribution in [2.24, 2.45) is 17.3 Å². The summed E-state index contributed by atoms with van der Waals surface area (Å²) in [7, 11) is 1.68. The van der Waals surface area contributed by atoms with E-state index in [1.54, 1.807) is 7.11 Å². The number of ether oxygens (including phenoxy) is 1. The van der Waals surface area contributed by atoms with E-state index in [0.29, 0.717) is 17.6 Å². The number of aryl methyl sites for hydroxylation is 2. The minimum atomic E-state index is -0.515. The van der Waals surface area contributed by atoms with E-state index in [0.717, 1.165) is 56.3 Å². The van der Waals surface area contributed by atoms with Crippen molar-refractivity contribution < 1.29 is 14.9 Å². The van der Waals surface area contributed by atoms with E-state index >= 15 is 0 Å². The van der Waals surface area contributed by atoms with Gasteiger partial charge in [-0.3, -0.25) is 0 Å². The van der Waals surface area contributed by atoms with Gasteiger partial charge in [0.1, 0.15) is 17.6 Å². The molecule has 0 saturated carbocycles. The molecule has 0 saturated heterocycles. The molecule has 28 heavy (non-hydrogen) atoms. The molecule has 0 radical (unpaired) electrons. The summed E-state index contributed by atoms with van der Waals surface area (Å²) < 4.78 is 5.60. The Morgan fingerprint density at radius 1 is 1.21 bits per heavy atom. The van der Waals surface area contributed by atoms with Gasteiger partial charge >= 0.3 is 0 Å². The van der Waals surface area contributed by atoms with Crippen molar-refractivity contribution in [1.82, 2.24) is 0 Å². The van der Waals surface area contributed by atoms with Gasteiger partial charge in [-0.2, -0.15) is 0 Å². The van der Waals surface area contributed by atoms with Gasteiger partial charge in [0.05, 0.1) is 7.11 Å². The number of hydrogen-bond donors (Lipinski definition) is 2. The molecular formula is C25H38O3. The van der Waals surface area contributed by atoms with Crippen LogP contribution in [-0.2, 0) is 17.6 Å². The van der Waals surface area contributed by atoms with Gasteiger partial charge in [-0.05, 0) is 90.5 Å². The quantitative estimate of drug-likeness (QED) is 0.682. The predicted molar refractivity (Wildman–Crippen MR) is 115 cm³/mol. The van der Waals surface area contributed by atoms with E-state index in [2.05, 4.69) is 39.8 Å². The lowest BCUT2D eigenvalue weighted by atomic mass is 9.71. The number of phenols is 1. The van der Waals surface area contributed by atoms with Crippen LogP contribution >= 0.6 is 0 Å². The van der Waals surface area contributed by atoms with Gasteiger partial charge in [0.25, 0.3) is 0 Å². The molecule has 1 aromatic carbocycles. The van der Waals surface area contributed by atoms with E-state index in [-0.39, 0.29) is 11.3 Å². The molecule has 156 valence electrons. The first-order valence-corrected chi connectivity index (χ1v) is 11.0. The Hall–Kier alpha value is -1.48. The molecule has 2 aliphatic carbocycles. The van der Waals surface area contributed by atoms with Crippen LogP contribution in [0.3, 0.4) is 0 Å². The maximum absolute atomic E-state index is 11.1. The highest BCUT2D eigenvalue weighted by molar-refractivity contribution is 5.43. The fourth-order valence-electron chi connectivity index (χ4n) is 5.59. The summed E-state index contributed by atoms with van der Waals surface area (Å²) in [5.74, 6) is 2.21. The lowest BCUT2D eigenvalue weighted by molar-refractivity contribution is 0.0440. The molecule has 0 aliphatic heterocycles. The molecule has 0 aromatic heterocycles. The summed E-state index contributed by atoms with van der Waals surface area (Å²) in [6.45, 7) is 8.89. The van der Waals surface area contributed by atoms with Gasteiger partial charge in [-0.25, -0.2) is 0 Å². The smallest absolute Gasteiger partial charge is 0.121 e.